The Morgan fingerprint density at radius 1 is 1.20 bits per heavy atom. The van der Waals surface area contributed by atoms with E-state index in [1.54, 1.807) is 0 Å². The maximum Gasteiger partial charge on any atom is 0.308 e. The Balaban J connectivity index is 1.98. The second-order valence-corrected chi connectivity index (χ2v) is 7.35. The lowest BCUT2D eigenvalue weighted by Crippen LogP contribution is -2.55. The molecule has 0 aromatic heterocycles. The normalized spacial score (nSPS) is 34.0. The number of hydrogen-bond donors (Lipinski definition) is 3. The van der Waals surface area contributed by atoms with Gasteiger partial charge < -0.3 is 15.7 Å². The maximum atomic E-state index is 12.1. The van der Waals surface area contributed by atoms with E-state index in [2.05, 4.69) is 10.6 Å². The molecule has 5 heteroatoms. The van der Waals surface area contributed by atoms with Gasteiger partial charge in [0.25, 0.3) is 0 Å². The highest BCUT2D eigenvalue weighted by Gasteiger charge is 2.51. The van der Waals surface area contributed by atoms with Crippen molar-refractivity contribution in [3.63, 3.8) is 0 Å². The van der Waals surface area contributed by atoms with E-state index in [9.17, 15) is 14.7 Å². The second-order valence-electron chi connectivity index (χ2n) is 7.35. The van der Waals surface area contributed by atoms with Gasteiger partial charge in [0.05, 0.1) is 12.0 Å². The molecule has 2 aliphatic carbocycles. The van der Waals surface area contributed by atoms with Crippen molar-refractivity contribution in [3.8, 4) is 0 Å². The molecule has 2 aliphatic rings. The average Bonchev–Trinajstić information content (AvgIpc) is 2.86. The predicted octanol–water partition coefficient (Wildman–Crippen LogP) is 1.38. The molecular weight excluding hydrogens is 256 g/mol. The number of amides is 1. The van der Waals surface area contributed by atoms with E-state index >= 15 is 0 Å². The Morgan fingerprint density at radius 3 is 2.35 bits per heavy atom. The van der Waals surface area contributed by atoms with Gasteiger partial charge in [0.2, 0.25) is 5.91 Å². The summed E-state index contributed by atoms with van der Waals surface area (Å²) in [6, 6.07) is -0.424. The van der Waals surface area contributed by atoms with E-state index in [1.807, 2.05) is 27.7 Å². The quantitative estimate of drug-likeness (QED) is 0.728. The van der Waals surface area contributed by atoms with Gasteiger partial charge in [0, 0.05) is 11.6 Å². The van der Waals surface area contributed by atoms with E-state index in [0.717, 1.165) is 19.3 Å². The summed E-state index contributed by atoms with van der Waals surface area (Å²) in [6.45, 7) is 7.63. The molecule has 2 bridgehead atoms. The minimum Gasteiger partial charge on any atom is -0.481 e. The molecule has 0 aliphatic heterocycles. The number of nitrogens with one attached hydrogen (secondary N) is 2. The summed E-state index contributed by atoms with van der Waals surface area (Å²) in [6.07, 6.45) is 3.09. The molecule has 114 valence electrons. The van der Waals surface area contributed by atoms with Crippen molar-refractivity contribution in [2.75, 3.05) is 0 Å². The van der Waals surface area contributed by atoms with Crippen LogP contribution in [0.4, 0.5) is 0 Å². The van der Waals surface area contributed by atoms with Crippen LogP contribution in [0.1, 0.15) is 47.0 Å². The number of aliphatic carboxylic acids is 1. The molecule has 5 atom stereocenters. The van der Waals surface area contributed by atoms with Crippen LogP contribution >= 0.6 is 0 Å². The van der Waals surface area contributed by atoms with Gasteiger partial charge in [-0.2, -0.15) is 0 Å². The topological polar surface area (TPSA) is 78.4 Å². The fraction of sp³-hybridized carbons (Fsp3) is 0.867. The van der Waals surface area contributed by atoms with Crippen LogP contribution in [0.5, 0.6) is 0 Å². The molecule has 5 nitrogen and oxygen atoms in total. The van der Waals surface area contributed by atoms with E-state index in [4.69, 9.17) is 0 Å². The molecule has 5 unspecified atom stereocenters. The van der Waals surface area contributed by atoms with Crippen molar-refractivity contribution in [1.82, 2.24) is 10.6 Å². The smallest absolute Gasteiger partial charge is 0.308 e. The van der Waals surface area contributed by atoms with Gasteiger partial charge in [0.15, 0.2) is 0 Å². The van der Waals surface area contributed by atoms with Gasteiger partial charge in [-0.1, -0.05) is 0 Å². The van der Waals surface area contributed by atoms with Crippen LogP contribution in [0.25, 0.3) is 0 Å². The van der Waals surface area contributed by atoms with Crippen LogP contribution in [0, 0.1) is 17.8 Å². The summed E-state index contributed by atoms with van der Waals surface area (Å²) in [7, 11) is 0. The maximum absolute atomic E-state index is 12.1. The van der Waals surface area contributed by atoms with E-state index in [0.29, 0.717) is 5.92 Å². The van der Waals surface area contributed by atoms with Gasteiger partial charge in [0.1, 0.15) is 0 Å². The van der Waals surface area contributed by atoms with Gasteiger partial charge in [-0.05, 0) is 58.8 Å². The number of carbonyl (C=O) groups is 2. The van der Waals surface area contributed by atoms with Crippen molar-refractivity contribution in [1.29, 1.82) is 0 Å². The highest BCUT2D eigenvalue weighted by molar-refractivity contribution is 5.82. The first kappa shape index (κ1) is 15.3. The van der Waals surface area contributed by atoms with Gasteiger partial charge in [-0.3, -0.25) is 9.59 Å². The molecular formula is C15H26N2O3. The Kier molecular flexibility index (Phi) is 4.09. The van der Waals surface area contributed by atoms with Gasteiger partial charge in [-0.25, -0.2) is 0 Å². The zero-order valence-corrected chi connectivity index (χ0v) is 12.8. The summed E-state index contributed by atoms with van der Waals surface area (Å²) in [4.78, 5) is 23.5. The molecule has 2 rings (SSSR count). The third kappa shape index (κ3) is 3.14. The molecule has 0 aromatic carbocycles. The van der Waals surface area contributed by atoms with Crippen LogP contribution in [0.15, 0.2) is 0 Å². The van der Waals surface area contributed by atoms with Crippen molar-refractivity contribution in [3.05, 3.63) is 0 Å². The summed E-state index contributed by atoms with van der Waals surface area (Å²) < 4.78 is 0. The summed E-state index contributed by atoms with van der Waals surface area (Å²) >= 11 is 0. The van der Waals surface area contributed by atoms with Crippen LogP contribution < -0.4 is 10.6 Å². The summed E-state index contributed by atoms with van der Waals surface area (Å²) in [5, 5.41) is 15.6. The minimum atomic E-state index is -0.724. The molecule has 2 fully saturated rings. The number of carboxylic acid groups (broad SMARTS) is 1. The Bertz CT molecular complexity index is 402. The second kappa shape index (κ2) is 5.35. The van der Waals surface area contributed by atoms with Crippen LogP contribution in [0.3, 0.4) is 0 Å². The average molecular weight is 282 g/mol. The lowest BCUT2D eigenvalue weighted by Gasteiger charge is -2.32. The summed E-state index contributed by atoms with van der Waals surface area (Å²) in [5.41, 5.74) is -0.270. The lowest BCUT2D eigenvalue weighted by molar-refractivity contribution is -0.145. The van der Waals surface area contributed by atoms with E-state index in [1.165, 1.54) is 0 Å². The molecule has 0 radical (unpaired) electrons. The zero-order chi connectivity index (χ0) is 15.1. The summed E-state index contributed by atoms with van der Waals surface area (Å²) in [5.74, 6) is -0.431. The van der Waals surface area contributed by atoms with Gasteiger partial charge >= 0.3 is 5.97 Å². The standard InChI is InChI=1S/C15H26N2O3/c1-8(13(18)17-15(2,3)4)16-12-10-6-5-9(7-10)11(12)14(19)20/h8-12,16H,5-7H2,1-4H3,(H,17,18)(H,19,20). The van der Waals surface area contributed by atoms with Crippen molar-refractivity contribution >= 4 is 11.9 Å². The Morgan fingerprint density at radius 2 is 1.80 bits per heavy atom. The first-order valence-electron chi connectivity index (χ1n) is 7.50. The molecule has 20 heavy (non-hydrogen) atoms. The van der Waals surface area contributed by atoms with E-state index < -0.39 is 5.97 Å². The number of hydrogen-bond acceptors (Lipinski definition) is 3. The molecule has 1 amide bonds. The fourth-order valence-corrected chi connectivity index (χ4v) is 3.73. The number of rotatable bonds is 4. The lowest BCUT2D eigenvalue weighted by atomic mass is 9.84. The molecule has 3 N–H and O–H groups in total. The fourth-order valence-electron chi connectivity index (χ4n) is 3.73. The van der Waals surface area contributed by atoms with Crippen LogP contribution in [0.2, 0.25) is 0 Å². The van der Waals surface area contributed by atoms with Crippen molar-refractivity contribution in [2.45, 2.75) is 64.6 Å². The third-order valence-electron chi connectivity index (χ3n) is 4.54. The SMILES string of the molecule is CC(NC1C2CCC(C2)C1C(=O)O)C(=O)NC(C)(C)C. The van der Waals surface area contributed by atoms with E-state index in [-0.39, 0.29) is 35.4 Å². The molecule has 0 heterocycles. The van der Waals surface area contributed by atoms with Crippen LogP contribution in [-0.2, 0) is 9.59 Å². The first-order valence-corrected chi connectivity index (χ1v) is 7.50. The monoisotopic (exact) mass is 282 g/mol. The van der Waals surface area contributed by atoms with Gasteiger partial charge in [-0.15, -0.1) is 0 Å². The highest BCUT2D eigenvalue weighted by atomic mass is 16.4. The molecule has 0 saturated heterocycles. The minimum absolute atomic E-state index is 0.0630. The first-order chi connectivity index (χ1) is 9.19. The number of fused-ring (bicyclic) bond motifs is 2. The highest BCUT2D eigenvalue weighted by Crippen LogP contribution is 2.48. The predicted molar refractivity (Wildman–Crippen MR) is 76.2 cm³/mol. The number of carbonyl (C=O) groups excluding carboxylic acids is 1. The van der Waals surface area contributed by atoms with Crippen molar-refractivity contribution in [2.24, 2.45) is 17.8 Å². The number of carboxylic acids is 1. The van der Waals surface area contributed by atoms with Crippen molar-refractivity contribution < 1.29 is 14.7 Å². The van der Waals surface area contributed by atoms with Crippen LogP contribution in [-0.4, -0.2) is 34.6 Å². The molecule has 2 saturated carbocycles. The molecule has 0 spiro atoms. The Hall–Kier alpha value is -1.10. The third-order valence-corrected chi connectivity index (χ3v) is 4.54. The largest absolute Gasteiger partial charge is 0.481 e. The Labute approximate surface area is 120 Å². The zero-order valence-electron chi connectivity index (χ0n) is 12.8. The molecule has 0 aromatic rings.